The molecule has 0 aliphatic carbocycles. The second kappa shape index (κ2) is 6.70. The number of benzene rings is 1. The molecule has 7 heteroatoms. The standard InChI is InChI=1S/C14H14Br2FN3O/c1-7(2)12-11(16)13(20-19-12)14(21)18-6-8-5-9(15)3-4-10(8)17/h3-5,7H,6H2,1-2H3,(H,18,21)(H,19,20). The zero-order valence-corrected chi connectivity index (χ0v) is 14.7. The lowest BCUT2D eigenvalue weighted by Gasteiger charge is -2.06. The fourth-order valence-corrected chi connectivity index (χ4v) is 3.04. The van der Waals surface area contributed by atoms with Crippen LogP contribution in [0.2, 0.25) is 0 Å². The molecule has 0 fully saturated rings. The van der Waals surface area contributed by atoms with Gasteiger partial charge in [-0.05, 0) is 40.0 Å². The van der Waals surface area contributed by atoms with Crippen LogP contribution < -0.4 is 5.32 Å². The average molecular weight is 419 g/mol. The van der Waals surface area contributed by atoms with Gasteiger partial charge >= 0.3 is 0 Å². The number of hydrogen-bond donors (Lipinski definition) is 2. The number of amides is 1. The molecule has 4 nitrogen and oxygen atoms in total. The van der Waals surface area contributed by atoms with E-state index in [0.29, 0.717) is 10.0 Å². The van der Waals surface area contributed by atoms with Gasteiger partial charge in [-0.1, -0.05) is 29.8 Å². The van der Waals surface area contributed by atoms with Crippen molar-refractivity contribution in [1.29, 1.82) is 0 Å². The third-order valence-corrected chi connectivity index (χ3v) is 4.27. The summed E-state index contributed by atoms with van der Waals surface area (Å²) in [6, 6.07) is 4.60. The predicted octanol–water partition coefficient (Wildman–Crippen LogP) is 4.13. The van der Waals surface area contributed by atoms with Gasteiger partial charge in [-0.3, -0.25) is 9.89 Å². The number of halogens is 3. The van der Waals surface area contributed by atoms with Gasteiger partial charge in [-0.25, -0.2) is 4.39 Å². The van der Waals surface area contributed by atoms with Gasteiger partial charge in [0.1, 0.15) is 5.82 Å². The van der Waals surface area contributed by atoms with E-state index in [0.717, 1.165) is 10.2 Å². The van der Waals surface area contributed by atoms with Gasteiger partial charge in [0, 0.05) is 16.6 Å². The molecule has 112 valence electrons. The number of H-pyrrole nitrogens is 1. The Morgan fingerprint density at radius 2 is 2.14 bits per heavy atom. The van der Waals surface area contributed by atoms with Crippen molar-refractivity contribution in [3.05, 3.63) is 49.9 Å². The summed E-state index contributed by atoms with van der Waals surface area (Å²) in [7, 11) is 0. The molecule has 2 rings (SSSR count). The smallest absolute Gasteiger partial charge is 0.273 e. The van der Waals surface area contributed by atoms with E-state index in [1.54, 1.807) is 12.1 Å². The van der Waals surface area contributed by atoms with E-state index in [2.05, 4.69) is 47.4 Å². The van der Waals surface area contributed by atoms with E-state index in [4.69, 9.17) is 0 Å². The van der Waals surface area contributed by atoms with Gasteiger partial charge in [0.25, 0.3) is 5.91 Å². The molecule has 1 heterocycles. The lowest BCUT2D eigenvalue weighted by Crippen LogP contribution is -2.24. The Morgan fingerprint density at radius 3 is 2.76 bits per heavy atom. The van der Waals surface area contributed by atoms with E-state index in [1.165, 1.54) is 6.07 Å². The van der Waals surface area contributed by atoms with Gasteiger partial charge in [0.15, 0.2) is 5.69 Å². The molecule has 0 aliphatic heterocycles. The van der Waals surface area contributed by atoms with Crippen LogP contribution in [0.4, 0.5) is 4.39 Å². The number of carbonyl (C=O) groups is 1. The first kappa shape index (κ1) is 16.2. The molecule has 0 bridgehead atoms. The van der Waals surface area contributed by atoms with Crippen LogP contribution in [0.1, 0.15) is 41.5 Å². The number of rotatable bonds is 4. The first-order valence-electron chi connectivity index (χ1n) is 6.36. The van der Waals surface area contributed by atoms with Gasteiger partial charge in [-0.15, -0.1) is 0 Å². The Hall–Kier alpha value is -1.21. The Morgan fingerprint density at radius 1 is 1.43 bits per heavy atom. The fraction of sp³-hybridized carbons (Fsp3) is 0.286. The average Bonchev–Trinajstić information content (AvgIpc) is 2.81. The van der Waals surface area contributed by atoms with Gasteiger partial charge < -0.3 is 5.32 Å². The Kier molecular flexibility index (Phi) is 5.16. The van der Waals surface area contributed by atoms with Crippen LogP contribution in [0.5, 0.6) is 0 Å². The monoisotopic (exact) mass is 417 g/mol. The minimum Gasteiger partial charge on any atom is -0.346 e. The van der Waals surface area contributed by atoms with E-state index < -0.39 is 0 Å². The number of aromatic amines is 1. The van der Waals surface area contributed by atoms with E-state index in [1.807, 2.05) is 13.8 Å². The maximum absolute atomic E-state index is 13.6. The first-order valence-corrected chi connectivity index (χ1v) is 7.94. The highest BCUT2D eigenvalue weighted by molar-refractivity contribution is 9.10. The SMILES string of the molecule is CC(C)c1[nH]nc(C(=O)NCc2cc(Br)ccc2F)c1Br. The molecule has 0 atom stereocenters. The largest absolute Gasteiger partial charge is 0.346 e. The molecule has 0 saturated heterocycles. The molecule has 0 spiro atoms. The summed E-state index contributed by atoms with van der Waals surface area (Å²) >= 11 is 6.64. The van der Waals surface area contributed by atoms with Gasteiger partial charge in [-0.2, -0.15) is 5.10 Å². The molecule has 0 unspecified atom stereocenters. The quantitative estimate of drug-likeness (QED) is 0.784. The molecule has 0 saturated carbocycles. The van der Waals surface area contributed by atoms with Crippen molar-refractivity contribution in [2.75, 3.05) is 0 Å². The Bertz CT molecular complexity index is 670. The normalized spacial score (nSPS) is 11.0. The summed E-state index contributed by atoms with van der Waals surface area (Å²) in [4.78, 5) is 12.1. The van der Waals surface area contributed by atoms with Crippen molar-refractivity contribution in [2.24, 2.45) is 0 Å². The Balaban J connectivity index is 2.10. The summed E-state index contributed by atoms with van der Waals surface area (Å²) in [5.41, 5.74) is 1.54. The summed E-state index contributed by atoms with van der Waals surface area (Å²) in [5.74, 6) is -0.497. The van der Waals surface area contributed by atoms with Crippen molar-refractivity contribution in [1.82, 2.24) is 15.5 Å². The maximum Gasteiger partial charge on any atom is 0.273 e. The van der Waals surface area contributed by atoms with Crippen LogP contribution in [-0.4, -0.2) is 16.1 Å². The molecule has 21 heavy (non-hydrogen) atoms. The number of hydrogen-bond acceptors (Lipinski definition) is 2. The minimum absolute atomic E-state index is 0.0976. The third-order valence-electron chi connectivity index (χ3n) is 2.97. The second-order valence-corrected chi connectivity index (χ2v) is 6.58. The molecule has 0 radical (unpaired) electrons. The van der Waals surface area contributed by atoms with Crippen LogP contribution in [0.15, 0.2) is 27.1 Å². The van der Waals surface area contributed by atoms with Crippen molar-refractivity contribution in [2.45, 2.75) is 26.3 Å². The first-order chi connectivity index (χ1) is 9.90. The molecule has 1 aromatic carbocycles. The zero-order chi connectivity index (χ0) is 15.6. The lowest BCUT2D eigenvalue weighted by molar-refractivity contribution is 0.0945. The molecule has 2 aromatic rings. The lowest BCUT2D eigenvalue weighted by atomic mass is 10.1. The van der Waals surface area contributed by atoms with Crippen molar-refractivity contribution in [3.8, 4) is 0 Å². The molecule has 1 amide bonds. The zero-order valence-electron chi connectivity index (χ0n) is 11.5. The summed E-state index contributed by atoms with van der Waals surface area (Å²) < 4.78 is 15.0. The van der Waals surface area contributed by atoms with Crippen LogP contribution in [-0.2, 0) is 6.54 Å². The van der Waals surface area contributed by atoms with Crippen LogP contribution in [0.3, 0.4) is 0 Å². The van der Waals surface area contributed by atoms with E-state index in [9.17, 15) is 9.18 Å². The van der Waals surface area contributed by atoms with Gasteiger partial charge in [0.05, 0.1) is 10.2 Å². The number of nitrogens with zero attached hydrogens (tertiary/aromatic N) is 1. The van der Waals surface area contributed by atoms with Crippen LogP contribution in [0.25, 0.3) is 0 Å². The minimum atomic E-state index is -0.359. The highest BCUT2D eigenvalue weighted by Crippen LogP contribution is 2.25. The molecular formula is C14H14Br2FN3O. The summed E-state index contributed by atoms with van der Waals surface area (Å²) in [6.07, 6.45) is 0. The molecule has 2 N–H and O–H groups in total. The maximum atomic E-state index is 13.6. The number of carbonyl (C=O) groups excluding carboxylic acids is 1. The van der Waals surface area contributed by atoms with E-state index in [-0.39, 0.29) is 29.9 Å². The fourth-order valence-electron chi connectivity index (χ4n) is 1.81. The van der Waals surface area contributed by atoms with Gasteiger partial charge in [0.2, 0.25) is 0 Å². The topological polar surface area (TPSA) is 57.8 Å². The third kappa shape index (κ3) is 3.71. The van der Waals surface area contributed by atoms with Crippen LogP contribution in [0, 0.1) is 5.82 Å². The highest BCUT2D eigenvalue weighted by Gasteiger charge is 2.19. The van der Waals surface area contributed by atoms with Crippen molar-refractivity contribution < 1.29 is 9.18 Å². The molecule has 1 aromatic heterocycles. The molecular weight excluding hydrogens is 405 g/mol. The van der Waals surface area contributed by atoms with Crippen molar-refractivity contribution >= 4 is 37.8 Å². The molecule has 0 aliphatic rings. The van der Waals surface area contributed by atoms with E-state index >= 15 is 0 Å². The highest BCUT2D eigenvalue weighted by atomic mass is 79.9. The second-order valence-electron chi connectivity index (χ2n) is 4.87. The number of aromatic nitrogens is 2. The summed E-state index contributed by atoms with van der Waals surface area (Å²) in [5, 5.41) is 9.50. The predicted molar refractivity (Wildman–Crippen MR) is 85.6 cm³/mol. The Labute approximate surface area is 138 Å². The number of nitrogens with one attached hydrogen (secondary N) is 2. The van der Waals surface area contributed by atoms with Crippen LogP contribution >= 0.6 is 31.9 Å². The van der Waals surface area contributed by atoms with Crippen molar-refractivity contribution in [3.63, 3.8) is 0 Å². The summed E-state index contributed by atoms with van der Waals surface area (Å²) in [6.45, 7) is 4.09.